The van der Waals surface area contributed by atoms with Gasteiger partial charge in [-0.3, -0.25) is 14.7 Å². The van der Waals surface area contributed by atoms with E-state index in [0.29, 0.717) is 11.3 Å². The molecular weight excluding hydrogens is 386 g/mol. The third kappa shape index (κ3) is 3.87. The van der Waals surface area contributed by atoms with E-state index in [2.05, 4.69) is 9.97 Å². The average molecular weight is 410 g/mol. The zero-order valence-electron chi connectivity index (χ0n) is 16.6. The summed E-state index contributed by atoms with van der Waals surface area (Å²) in [6, 6.07) is 10.8. The van der Waals surface area contributed by atoms with E-state index in [9.17, 15) is 9.59 Å². The summed E-state index contributed by atoms with van der Waals surface area (Å²) in [6.07, 6.45) is 4.65. The molecule has 0 radical (unpaired) electrons. The van der Waals surface area contributed by atoms with E-state index in [4.69, 9.17) is 4.74 Å². The van der Waals surface area contributed by atoms with Crippen LogP contribution in [0, 0.1) is 0 Å². The molecule has 2 atom stereocenters. The Morgan fingerprint density at radius 1 is 1.21 bits per heavy atom. The second-order valence-electron chi connectivity index (χ2n) is 7.99. The number of ketones is 1. The van der Waals surface area contributed by atoms with E-state index in [1.165, 1.54) is 0 Å². The minimum absolute atomic E-state index is 0.0906. The Hall–Kier alpha value is -2.80. The van der Waals surface area contributed by atoms with Gasteiger partial charge < -0.3 is 9.72 Å². The Labute approximate surface area is 173 Å². The first-order valence-electron chi connectivity index (χ1n) is 9.48. The number of pyridine rings is 1. The molecule has 1 fully saturated rings. The van der Waals surface area contributed by atoms with Crippen LogP contribution in [0.2, 0.25) is 0 Å². The molecule has 0 saturated carbocycles. The summed E-state index contributed by atoms with van der Waals surface area (Å²) in [7, 11) is 0. The highest BCUT2D eigenvalue weighted by molar-refractivity contribution is 7.99. The molecule has 0 bridgehead atoms. The van der Waals surface area contributed by atoms with Gasteiger partial charge in [0, 0.05) is 46.4 Å². The van der Waals surface area contributed by atoms with Crippen LogP contribution in [0.4, 0.5) is 4.79 Å². The highest BCUT2D eigenvalue weighted by Crippen LogP contribution is 2.43. The predicted octanol–water partition coefficient (Wildman–Crippen LogP) is 4.80. The summed E-state index contributed by atoms with van der Waals surface area (Å²) in [5, 5.41) is 0.536. The number of nitrogens with one attached hydrogen (secondary N) is 1. The quantitative estimate of drug-likeness (QED) is 0.629. The Morgan fingerprint density at radius 3 is 2.72 bits per heavy atom. The van der Waals surface area contributed by atoms with Gasteiger partial charge in [-0.1, -0.05) is 24.3 Å². The van der Waals surface area contributed by atoms with Crippen LogP contribution in [0.3, 0.4) is 0 Å². The monoisotopic (exact) mass is 409 g/mol. The van der Waals surface area contributed by atoms with Crippen molar-refractivity contribution in [3.05, 3.63) is 66.1 Å². The minimum atomic E-state index is -0.655. The topological polar surface area (TPSA) is 75.3 Å². The SMILES string of the molecule is CC(C)(C)OC(=O)N1C(c2cccnc2)SC[C@H]1C(=O)c1c[nH]c2ccccc12. The second kappa shape index (κ2) is 7.55. The number of para-hydroxylation sites is 1. The Balaban J connectivity index is 1.71. The maximum Gasteiger partial charge on any atom is 0.412 e. The maximum absolute atomic E-state index is 13.5. The lowest BCUT2D eigenvalue weighted by Crippen LogP contribution is -2.45. The summed E-state index contributed by atoms with van der Waals surface area (Å²) in [5.74, 6) is 0.407. The minimum Gasteiger partial charge on any atom is -0.444 e. The summed E-state index contributed by atoms with van der Waals surface area (Å²) in [4.78, 5) is 35.5. The first-order valence-corrected chi connectivity index (χ1v) is 10.5. The third-order valence-electron chi connectivity index (χ3n) is 4.73. The van der Waals surface area contributed by atoms with Crippen LogP contribution in [0.1, 0.15) is 42.1 Å². The third-order valence-corrected chi connectivity index (χ3v) is 6.05. The molecule has 3 aromatic rings. The van der Waals surface area contributed by atoms with Gasteiger partial charge in [-0.25, -0.2) is 4.79 Å². The Bertz CT molecular complexity index is 1040. The molecule has 1 N–H and O–H groups in total. The first kappa shape index (κ1) is 19.5. The number of H-pyrrole nitrogens is 1. The lowest BCUT2D eigenvalue weighted by molar-refractivity contribution is 0.0173. The van der Waals surface area contributed by atoms with Gasteiger partial charge in [0.05, 0.1) is 0 Å². The van der Waals surface area contributed by atoms with Crippen molar-refractivity contribution in [2.75, 3.05) is 5.75 Å². The molecule has 0 spiro atoms. The molecule has 1 unspecified atom stereocenters. The molecule has 7 heteroatoms. The molecule has 1 aromatic carbocycles. The standard InChI is InChI=1S/C22H23N3O3S/c1-22(2,3)28-21(27)25-18(13-29-20(25)14-7-6-10-23-11-14)19(26)16-12-24-17-9-5-4-8-15(16)17/h4-12,18,20,24H,13H2,1-3H3/t18-,20?/m0/s1. The predicted molar refractivity (Wildman–Crippen MR) is 114 cm³/mol. The molecule has 0 aliphatic carbocycles. The van der Waals surface area contributed by atoms with Crippen LogP contribution < -0.4 is 0 Å². The van der Waals surface area contributed by atoms with Gasteiger partial charge in [0.15, 0.2) is 5.78 Å². The van der Waals surface area contributed by atoms with Gasteiger partial charge in [-0.05, 0) is 32.9 Å². The smallest absolute Gasteiger partial charge is 0.412 e. The van der Waals surface area contributed by atoms with E-state index in [-0.39, 0.29) is 11.2 Å². The number of carbonyl (C=O) groups is 2. The van der Waals surface area contributed by atoms with Crippen molar-refractivity contribution in [1.29, 1.82) is 0 Å². The zero-order valence-corrected chi connectivity index (χ0v) is 17.4. The zero-order chi connectivity index (χ0) is 20.6. The van der Waals surface area contributed by atoms with Crippen molar-refractivity contribution in [2.24, 2.45) is 0 Å². The van der Waals surface area contributed by atoms with Gasteiger partial charge in [0.2, 0.25) is 0 Å². The number of rotatable bonds is 3. The molecule has 1 aliphatic heterocycles. The normalized spacial score (nSPS) is 19.5. The molecule has 1 aliphatic rings. The fourth-order valence-electron chi connectivity index (χ4n) is 3.48. The number of Topliss-reactive ketones (excluding diaryl/α,β-unsaturated/α-hetero) is 1. The van der Waals surface area contributed by atoms with Gasteiger partial charge in [-0.15, -0.1) is 11.8 Å². The van der Waals surface area contributed by atoms with Gasteiger partial charge in [0.25, 0.3) is 0 Å². The lowest BCUT2D eigenvalue weighted by Gasteiger charge is -2.31. The summed E-state index contributed by atoms with van der Waals surface area (Å²) >= 11 is 1.55. The van der Waals surface area contributed by atoms with Crippen LogP contribution >= 0.6 is 11.8 Å². The fourth-order valence-corrected chi connectivity index (χ4v) is 4.88. The number of thioether (sulfide) groups is 1. The highest BCUT2D eigenvalue weighted by Gasteiger charge is 2.44. The number of ether oxygens (including phenoxy) is 1. The summed E-state index contributed by atoms with van der Waals surface area (Å²) in [5.41, 5.74) is 1.70. The van der Waals surface area contributed by atoms with Crippen molar-refractivity contribution >= 4 is 34.5 Å². The number of benzene rings is 1. The largest absolute Gasteiger partial charge is 0.444 e. The number of amides is 1. The molecule has 29 heavy (non-hydrogen) atoms. The average Bonchev–Trinajstić information content (AvgIpc) is 3.31. The number of hydrogen-bond donors (Lipinski definition) is 1. The van der Waals surface area contributed by atoms with E-state index in [1.54, 1.807) is 35.3 Å². The molecule has 150 valence electrons. The van der Waals surface area contributed by atoms with Crippen molar-refractivity contribution in [1.82, 2.24) is 14.9 Å². The molecule has 2 aromatic heterocycles. The molecule has 3 heterocycles. The lowest BCUT2D eigenvalue weighted by atomic mass is 10.0. The number of aromatic nitrogens is 2. The van der Waals surface area contributed by atoms with Gasteiger partial charge >= 0.3 is 6.09 Å². The van der Waals surface area contributed by atoms with E-state index < -0.39 is 17.7 Å². The summed E-state index contributed by atoms with van der Waals surface area (Å²) in [6.45, 7) is 5.47. The summed E-state index contributed by atoms with van der Waals surface area (Å²) < 4.78 is 5.65. The number of hydrogen-bond acceptors (Lipinski definition) is 5. The van der Waals surface area contributed by atoms with Crippen molar-refractivity contribution in [3.8, 4) is 0 Å². The van der Waals surface area contributed by atoms with Crippen LogP contribution in [0.15, 0.2) is 55.0 Å². The van der Waals surface area contributed by atoms with Gasteiger partial charge in [-0.2, -0.15) is 0 Å². The van der Waals surface area contributed by atoms with Crippen LogP contribution in [0.5, 0.6) is 0 Å². The van der Waals surface area contributed by atoms with Crippen molar-refractivity contribution in [2.45, 2.75) is 37.8 Å². The van der Waals surface area contributed by atoms with Crippen LogP contribution in [-0.2, 0) is 4.74 Å². The number of carbonyl (C=O) groups excluding carboxylic acids is 2. The van der Waals surface area contributed by atoms with E-state index in [1.807, 2.05) is 57.2 Å². The maximum atomic E-state index is 13.5. The first-order chi connectivity index (χ1) is 13.8. The van der Waals surface area contributed by atoms with Crippen LogP contribution in [0.25, 0.3) is 10.9 Å². The van der Waals surface area contributed by atoms with Crippen LogP contribution in [-0.4, -0.2) is 44.1 Å². The molecule has 6 nitrogen and oxygen atoms in total. The number of fused-ring (bicyclic) bond motifs is 1. The molecular formula is C22H23N3O3S. The second-order valence-corrected chi connectivity index (χ2v) is 9.10. The van der Waals surface area contributed by atoms with Crippen molar-refractivity contribution in [3.63, 3.8) is 0 Å². The van der Waals surface area contributed by atoms with Gasteiger partial charge in [0.1, 0.15) is 17.0 Å². The van der Waals surface area contributed by atoms with E-state index in [0.717, 1.165) is 16.5 Å². The Morgan fingerprint density at radius 2 is 2.00 bits per heavy atom. The molecule has 1 saturated heterocycles. The molecule has 4 rings (SSSR count). The fraction of sp³-hybridized carbons (Fsp3) is 0.318. The molecule has 1 amide bonds. The van der Waals surface area contributed by atoms with E-state index >= 15 is 0 Å². The number of nitrogens with zero attached hydrogens (tertiary/aromatic N) is 2. The highest BCUT2D eigenvalue weighted by atomic mass is 32.2. The number of aromatic amines is 1. The Kier molecular flexibility index (Phi) is 5.08. The van der Waals surface area contributed by atoms with Crippen molar-refractivity contribution < 1.29 is 14.3 Å².